The van der Waals surface area contributed by atoms with E-state index in [0.29, 0.717) is 16.8 Å². The van der Waals surface area contributed by atoms with Crippen LogP contribution in [0.1, 0.15) is 66.9 Å². The Morgan fingerprint density at radius 1 is 0.972 bits per heavy atom. The van der Waals surface area contributed by atoms with Crippen LogP contribution in [-0.4, -0.2) is 4.98 Å². The van der Waals surface area contributed by atoms with E-state index >= 15 is 0 Å². The van der Waals surface area contributed by atoms with Gasteiger partial charge in [-0.1, -0.05) is 58.0 Å². The first-order valence-corrected chi connectivity index (χ1v) is 12.8. The standard InChI is InChI=1S/C33H35N2O/c1-20-19-35(7)25(18-24(20)22-12-9-8-10-13-22)26-21(2)28-29(33(5,6)16-15-32(28,3)4)27-23-14-11-17-34-31(23)36-30(26)27/h8-14,17-19H,15-16H2,1-7H3/q+1/i1D3. The fraction of sp³-hybridized carbons (Fsp3) is 0.333. The predicted octanol–water partition coefficient (Wildman–Crippen LogP) is 8.11. The van der Waals surface area contributed by atoms with E-state index in [9.17, 15) is 0 Å². The molecule has 1 aliphatic carbocycles. The van der Waals surface area contributed by atoms with Gasteiger partial charge in [0.15, 0.2) is 11.8 Å². The molecule has 0 unspecified atom stereocenters. The maximum Gasteiger partial charge on any atom is 0.227 e. The quantitative estimate of drug-likeness (QED) is 0.240. The van der Waals surface area contributed by atoms with Crippen LogP contribution in [-0.2, 0) is 17.9 Å². The van der Waals surface area contributed by atoms with Crippen molar-refractivity contribution >= 4 is 22.1 Å². The van der Waals surface area contributed by atoms with E-state index in [2.05, 4.69) is 45.7 Å². The molecule has 6 rings (SSSR count). The Morgan fingerprint density at radius 3 is 2.42 bits per heavy atom. The highest BCUT2D eigenvalue weighted by molar-refractivity contribution is 6.12. The van der Waals surface area contributed by atoms with Crippen molar-refractivity contribution in [1.29, 1.82) is 0 Å². The lowest BCUT2D eigenvalue weighted by molar-refractivity contribution is -0.660. The molecule has 0 atom stereocenters. The van der Waals surface area contributed by atoms with Crippen molar-refractivity contribution in [3.63, 3.8) is 0 Å². The van der Waals surface area contributed by atoms with Gasteiger partial charge in [-0.15, -0.1) is 0 Å². The van der Waals surface area contributed by atoms with E-state index in [1.165, 1.54) is 16.7 Å². The van der Waals surface area contributed by atoms with Gasteiger partial charge in [0.25, 0.3) is 0 Å². The summed E-state index contributed by atoms with van der Waals surface area (Å²) in [6.45, 7) is 9.32. The highest BCUT2D eigenvalue weighted by Gasteiger charge is 2.42. The lowest BCUT2D eigenvalue weighted by Gasteiger charge is -2.43. The topological polar surface area (TPSA) is 29.9 Å². The molecular formula is C33H35N2O+. The smallest absolute Gasteiger partial charge is 0.227 e. The van der Waals surface area contributed by atoms with E-state index < -0.39 is 6.85 Å². The molecule has 0 saturated carbocycles. The monoisotopic (exact) mass is 478 g/mol. The molecular weight excluding hydrogens is 440 g/mol. The van der Waals surface area contributed by atoms with E-state index in [1.807, 2.05) is 54.1 Å². The summed E-state index contributed by atoms with van der Waals surface area (Å²) in [6.07, 6.45) is 5.72. The van der Waals surface area contributed by atoms with Crippen LogP contribution in [0.2, 0.25) is 0 Å². The summed E-state index contributed by atoms with van der Waals surface area (Å²) in [5.74, 6) is 0. The first-order valence-electron chi connectivity index (χ1n) is 14.3. The molecule has 36 heavy (non-hydrogen) atoms. The van der Waals surface area contributed by atoms with Crippen molar-refractivity contribution in [1.82, 2.24) is 4.98 Å². The number of nitrogens with zero attached hydrogens (tertiary/aromatic N) is 2. The van der Waals surface area contributed by atoms with E-state index in [1.54, 1.807) is 12.4 Å². The van der Waals surface area contributed by atoms with Crippen molar-refractivity contribution in [2.75, 3.05) is 0 Å². The second-order valence-electron chi connectivity index (χ2n) is 11.6. The van der Waals surface area contributed by atoms with Crippen LogP contribution in [0, 0.1) is 13.8 Å². The average molecular weight is 479 g/mol. The molecule has 0 spiro atoms. The second kappa shape index (κ2) is 7.77. The third kappa shape index (κ3) is 3.25. The van der Waals surface area contributed by atoms with E-state index in [0.717, 1.165) is 46.0 Å². The van der Waals surface area contributed by atoms with E-state index in [-0.39, 0.29) is 10.8 Å². The van der Waals surface area contributed by atoms with Gasteiger partial charge in [-0.2, -0.15) is 0 Å². The zero-order valence-corrected chi connectivity index (χ0v) is 22.0. The second-order valence-corrected chi connectivity index (χ2v) is 11.6. The molecule has 3 heteroatoms. The lowest BCUT2D eigenvalue weighted by atomic mass is 9.60. The maximum absolute atomic E-state index is 8.29. The Morgan fingerprint density at radius 2 is 1.69 bits per heavy atom. The van der Waals surface area contributed by atoms with Crippen LogP contribution < -0.4 is 4.57 Å². The average Bonchev–Trinajstić information content (AvgIpc) is 3.25. The number of aryl methyl sites for hydroxylation is 2. The minimum atomic E-state index is -2.25. The molecule has 0 radical (unpaired) electrons. The van der Waals surface area contributed by atoms with Gasteiger partial charge in [0, 0.05) is 32.7 Å². The van der Waals surface area contributed by atoms with Crippen molar-refractivity contribution < 1.29 is 13.1 Å². The number of hydrogen-bond donors (Lipinski definition) is 0. The van der Waals surface area contributed by atoms with Crippen molar-refractivity contribution in [2.45, 2.75) is 65.1 Å². The van der Waals surface area contributed by atoms with Gasteiger partial charge in [-0.25, -0.2) is 9.55 Å². The number of aromatic nitrogens is 2. The molecule has 3 nitrogen and oxygen atoms in total. The Kier molecular flexibility index (Phi) is 4.25. The molecule has 3 aromatic heterocycles. The lowest BCUT2D eigenvalue weighted by Crippen LogP contribution is -2.36. The summed E-state index contributed by atoms with van der Waals surface area (Å²) >= 11 is 0. The molecule has 0 amide bonds. The molecule has 3 heterocycles. The Hall–Kier alpha value is -3.46. The molecule has 0 bridgehead atoms. The third-order valence-corrected chi connectivity index (χ3v) is 8.29. The molecule has 0 N–H and O–H groups in total. The normalized spacial score (nSPS) is 18.0. The number of rotatable bonds is 2. The summed E-state index contributed by atoms with van der Waals surface area (Å²) < 4.78 is 33.4. The number of furan rings is 1. The van der Waals surface area contributed by atoms with Gasteiger partial charge in [0.2, 0.25) is 11.4 Å². The van der Waals surface area contributed by atoms with Gasteiger partial charge >= 0.3 is 0 Å². The summed E-state index contributed by atoms with van der Waals surface area (Å²) in [5.41, 5.74) is 9.16. The largest absolute Gasteiger partial charge is 0.437 e. The van der Waals surface area contributed by atoms with Crippen LogP contribution in [0.15, 0.2) is 65.3 Å². The minimum Gasteiger partial charge on any atom is -0.437 e. The summed E-state index contributed by atoms with van der Waals surface area (Å²) in [4.78, 5) is 4.60. The van der Waals surface area contributed by atoms with Gasteiger partial charge in [-0.3, -0.25) is 0 Å². The van der Waals surface area contributed by atoms with Crippen LogP contribution >= 0.6 is 0 Å². The molecule has 1 aliphatic rings. The highest BCUT2D eigenvalue weighted by atomic mass is 16.3. The number of hydrogen-bond acceptors (Lipinski definition) is 2. The minimum absolute atomic E-state index is 0.0247. The number of benzene rings is 2. The van der Waals surface area contributed by atoms with Crippen LogP contribution in [0.25, 0.3) is 44.5 Å². The molecule has 182 valence electrons. The molecule has 2 aromatic carbocycles. The van der Waals surface area contributed by atoms with Crippen molar-refractivity contribution in [2.24, 2.45) is 7.05 Å². The fourth-order valence-electron chi connectivity index (χ4n) is 6.42. The Labute approximate surface area is 218 Å². The van der Waals surface area contributed by atoms with Gasteiger partial charge in [-0.05, 0) is 77.4 Å². The van der Waals surface area contributed by atoms with Gasteiger partial charge in [0.1, 0.15) is 7.05 Å². The maximum atomic E-state index is 8.29. The molecule has 0 aliphatic heterocycles. The van der Waals surface area contributed by atoms with Gasteiger partial charge < -0.3 is 4.42 Å². The van der Waals surface area contributed by atoms with Gasteiger partial charge in [0.05, 0.1) is 5.56 Å². The molecule has 0 saturated heterocycles. The van der Waals surface area contributed by atoms with Crippen LogP contribution in [0.5, 0.6) is 0 Å². The zero-order chi connectivity index (χ0) is 27.9. The van der Waals surface area contributed by atoms with Crippen molar-refractivity contribution in [3.05, 3.63) is 83.2 Å². The summed E-state index contributed by atoms with van der Waals surface area (Å²) in [7, 11) is 1.93. The Balaban J connectivity index is 1.81. The van der Waals surface area contributed by atoms with E-state index in [4.69, 9.17) is 8.53 Å². The first kappa shape index (κ1) is 19.7. The molecule has 5 aromatic rings. The van der Waals surface area contributed by atoms with Crippen LogP contribution in [0.4, 0.5) is 0 Å². The number of fused-ring (bicyclic) bond motifs is 5. The SMILES string of the molecule is [2H]C([2H])([2H])c1c[n+](C)c(-c2c(C)c3c(c4c2oc2ncccc24)C(C)(C)CCC3(C)C)cc1-c1ccccc1. The Bertz CT molecular complexity index is 1760. The third-order valence-electron chi connectivity index (χ3n) is 8.29. The number of pyridine rings is 2. The molecule has 0 fully saturated rings. The fourth-order valence-corrected chi connectivity index (χ4v) is 6.42. The highest BCUT2D eigenvalue weighted by Crippen LogP contribution is 2.54. The van der Waals surface area contributed by atoms with Crippen LogP contribution in [0.3, 0.4) is 0 Å². The zero-order valence-electron chi connectivity index (χ0n) is 25.0. The summed E-state index contributed by atoms with van der Waals surface area (Å²) in [5, 5.41) is 2.16. The van der Waals surface area contributed by atoms with Crippen molar-refractivity contribution in [3.8, 4) is 22.4 Å². The summed E-state index contributed by atoms with van der Waals surface area (Å²) in [6, 6.07) is 15.9. The first-order chi connectivity index (χ1) is 18.3. The predicted molar refractivity (Wildman–Crippen MR) is 148 cm³/mol.